The number of phenols is 2. The van der Waals surface area contributed by atoms with Crippen molar-refractivity contribution < 1.29 is 10.2 Å². The zero-order valence-corrected chi connectivity index (χ0v) is 22.9. The molecule has 182 valence electrons. The predicted octanol–water partition coefficient (Wildman–Crippen LogP) is 7.91. The molecule has 3 heteroatoms. The fourth-order valence-corrected chi connectivity index (χ4v) is 3.82. The van der Waals surface area contributed by atoms with Gasteiger partial charge in [-0.25, -0.2) is 0 Å². The van der Waals surface area contributed by atoms with Gasteiger partial charge in [-0.2, -0.15) is 0 Å². The molecule has 0 saturated heterocycles. The van der Waals surface area contributed by atoms with Crippen LogP contribution < -0.4 is 0 Å². The third-order valence-electron chi connectivity index (χ3n) is 6.17. The summed E-state index contributed by atoms with van der Waals surface area (Å²) >= 11 is 0. The number of hydrogen-bond donors (Lipinski definition) is 2. The quantitative estimate of drug-likeness (QED) is 0.466. The van der Waals surface area contributed by atoms with Crippen molar-refractivity contribution in [3.63, 3.8) is 0 Å². The molecule has 0 atom stereocenters. The topological polar surface area (TPSA) is 52.8 Å². The van der Waals surface area contributed by atoms with Crippen molar-refractivity contribution in [2.75, 3.05) is 0 Å². The molecule has 2 aromatic rings. The Kier molecular flexibility index (Phi) is 7.20. The molecule has 0 spiro atoms. The summed E-state index contributed by atoms with van der Waals surface area (Å²) in [5.74, 6) is 0.595. The highest BCUT2D eigenvalue weighted by atomic mass is 16.3. The predicted molar refractivity (Wildman–Crippen MR) is 142 cm³/mol. The minimum atomic E-state index is -0.186. The summed E-state index contributed by atoms with van der Waals surface area (Å²) in [7, 11) is 0. The van der Waals surface area contributed by atoms with E-state index in [1.54, 1.807) is 6.21 Å². The van der Waals surface area contributed by atoms with Crippen LogP contribution in [0.1, 0.15) is 116 Å². The van der Waals surface area contributed by atoms with Crippen LogP contribution in [-0.2, 0) is 28.2 Å². The van der Waals surface area contributed by atoms with Crippen LogP contribution in [0.5, 0.6) is 11.5 Å². The third-order valence-corrected chi connectivity index (χ3v) is 6.17. The van der Waals surface area contributed by atoms with Gasteiger partial charge in [0.1, 0.15) is 11.5 Å². The normalized spacial score (nSPS) is 13.7. The Morgan fingerprint density at radius 2 is 1.03 bits per heavy atom. The molecular formula is C30H45NO2. The van der Waals surface area contributed by atoms with Gasteiger partial charge in [0.2, 0.25) is 0 Å². The average molecular weight is 452 g/mol. The lowest BCUT2D eigenvalue weighted by atomic mass is 9.79. The van der Waals surface area contributed by atoms with Crippen molar-refractivity contribution in [2.24, 2.45) is 4.99 Å². The Morgan fingerprint density at radius 3 is 1.45 bits per heavy atom. The van der Waals surface area contributed by atoms with E-state index in [9.17, 15) is 10.2 Å². The van der Waals surface area contributed by atoms with E-state index in [1.165, 1.54) is 11.1 Å². The minimum Gasteiger partial charge on any atom is -0.507 e. The maximum Gasteiger partial charge on any atom is 0.128 e. The molecule has 0 aliphatic heterocycles. The molecular weight excluding hydrogens is 406 g/mol. The number of benzene rings is 2. The van der Waals surface area contributed by atoms with Gasteiger partial charge in [-0.3, -0.25) is 4.99 Å². The smallest absolute Gasteiger partial charge is 0.128 e. The summed E-state index contributed by atoms with van der Waals surface area (Å²) in [6, 6.07) is 8.33. The lowest BCUT2D eigenvalue weighted by Crippen LogP contribution is -2.17. The van der Waals surface area contributed by atoms with Crippen molar-refractivity contribution >= 4 is 6.21 Å². The molecule has 0 unspecified atom stereocenters. The van der Waals surface area contributed by atoms with Gasteiger partial charge in [-0.05, 0) is 50.5 Å². The highest BCUT2D eigenvalue weighted by molar-refractivity contribution is 5.85. The van der Waals surface area contributed by atoms with Crippen LogP contribution in [0.3, 0.4) is 0 Å². The van der Waals surface area contributed by atoms with E-state index in [-0.39, 0.29) is 27.4 Å². The first-order chi connectivity index (χ1) is 14.7. The maximum atomic E-state index is 11.0. The van der Waals surface area contributed by atoms with E-state index in [0.717, 1.165) is 22.3 Å². The molecule has 0 radical (unpaired) electrons. The van der Waals surface area contributed by atoms with Gasteiger partial charge in [0.15, 0.2) is 0 Å². The lowest BCUT2D eigenvalue weighted by molar-refractivity contribution is 0.438. The van der Waals surface area contributed by atoms with E-state index >= 15 is 0 Å². The minimum absolute atomic E-state index is 0.0346. The third kappa shape index (κ3) is 6.40. The van der Waals surface area contributed by atoms with Crippen LogP contribution in [0, 0.1) is 0 Å². The largest absolute Gasteiger partial charge is 0.507 e. The number of nitrogens with zero attached hydrogens (tertiary/aromatic N) is 1. The van der Waals surface area contributed by atoms with Crippen LogP contribution in [0.15, 0.2) is 29.3 Å². The number of rotatable bonds is 3. The first kappa shape index (κ1) is 27.0. The van der Waals surface area contributed by atoms with Crippen molar-refractivity contribution in [1.29, 1.82) is 0 Å². The van der Waals surface area contributed by atoms with Crippen molar-refractivity contribution in [3.8, 4) is 11.5 Å². The molecule has 0 aliphatic carbocycles. The Hall–Kier alpha value is -2.29. The summed E-state index contributed by atoms with van der Waals surface area (Å²) in [6.45, 7) is 26.1. The van der Waals surface area contributed by atoms with Crippen LogP contribution in [-0.4, -0.2) is 16.4 Å². The molecule has 2 rings (SSSR count). The highest BCUT2D eigenvalue weighted by Gasteiger charge is 2.26. The number of phenolic OH excluding ortho intramolecular Hbond substituents is 2. The Labute approximate surface area is 202 Å². The first-order valence-corrected chi connectivity index (χ1v) is 12.0. The van der Waals surface area contributed by atoms with Crippen LogP contribution in [0.2, 0.25) is 0 Å². The monoisotopic (exact) mass is 451 g/mol. The molecule has 0 amide bonds. The summed E-state index contributed by atoms with van der Waals surface area (Å²) < 4.78 is 0. The lowest BCUT2D eigenvalue weighted by Gasteiger charge is -2.27. The van der Waals surface area contributed by atoms with Gasteiger partial charge in [0.25, 0.3) is 0 Å². The number of aromatic hydroxyl groups is 2. The van der Waals surface area contributed by atoms with Gasteiger partial charge < -0.3 is 10.2 Å². The summed E-state index contributed by atoms with van der Waals surface area (Å²) in [6.07, 6.45) is 1.75. The Balaban J connectivity index is 2.56. The summed E-state index contributed by atoms with van der Waals surface area (Å²) in [4.78, 5) is 4.68. The van der Waals surface area contributed by atoms with Gasteiger partial charge in [0.05, 0.1) is 6.54 Å². The molecule has 0 fully saturated rings. The Bertz CT molecular complexity index is 1030. The molecule has 2 aromatic carbocycles. The molecule has 33 heavy (non-hydrogen) atoms. The first-order valence-electron chi connectivity index (χ1n) is 12.0. The second-order valence-electron chi connectivity index (χ2n) is 13.5. The number of aliphatic imine (C=N–C) groups is 1. The second kappa shape index (κ2) is 8.81. The van der Waals surface area contributed by atoms with Gasteiger partial charge in [0, 0.05) is 22.9 Å². The zero-order valence-electron chi connectivity index (χ0n) is 22.9. The van der Waals surface area contributed by atoms with E-state index in [0.29, 0.717) is 12.3 Å². The maximum absolute atomic E-state index is 11.0. The molecule has 3 nitrogen and oxygen atoms in total. The van der Waals surface area contributed by atoms with E-state index < -0.39 is 0 Å². The molecule has 2 N–H and O–H groups in total. The summed E-state index contributed by atoms with van der Waals surface area (Å²) in [5, 5.41) is 22.1. The fourth-order valence-electron chi connectivity index (χ4n) is 3.82. The van der Waals surface area contributed by atoms with Crippen LogP contribution in [0.4, 0.5) is 0 Å². The van der Waals surface area contributed by atoms with Crippen molar-refractivity contribution in [3.05, 3.63) is 57.6 Å². The van der Waals surface area contributed by atoms with E-state index in [4.69, 9.17) is 0 Å². The van der Waals surface area contributed by atoms with Gasteiger partial charge >= 0.3 is 0 Å². The van der Waals surface area contributed by atoms with Crippen LogP contribution >= 0.6 is 0 Å². The SMILES string of the molecule is CC(C)(C)c1cc(C=NCc2cc(C(C)(C)C)cc(C(C)(C)C)c2O)c(O)c(C(C)(C)C)c1. The van der Waals surface area contributed by atoms with Crippen molar-refractivity contribution in [2.45, 2.75) is 111 Å². The summed E-state index contributed by atoms with van der Waals surface area (Å²) in [5.41, 5.74) is 5.30. The van der Waals surface area contributed by atoms with E-state index in [1.807, 2.05) is 6.07 Å². The molecule has 0 saturated carbocycles. The Morgan fingerprint density at radius 1 is 0.606 bits per heavy atom. The number of hydrogen-bond acceptors (Lipinski definition) is 3. The van der Waals surface area contributed by atoms with Crippen LogP contribution in [0.25, 0.3) is 0 Å². The van der Waals surface area contributed by atoms with E-state index in [2.05, 4.69) is 106 Å². The van der Waals surface area contributed by atoms with Gasteiger partial charge in [-0.1, -0.05) is 95.2 Å². The van der Waals surface area contributed by atoms with Crippen molar-refractivity contribution in [1.82, 2.24) is 0 Å². The second-order valence-corrected chi connectivity index (χ2v) is 13.5. The fraction of sp³-hybridized carbons (Fsp3) is 0.567. The molecule has 0 aliphatic rings. The molecule has 0 bridgehead atoms. The highest BCUT2D eigenvalue weighted by Crippen LogP contribution is 2.39. The zero-order chi connectivity index (χ0) is 25.6. The molecule has 0 aromatic heterocycles. The van der Waals surface area contributed by atoms with Gasteiger partial charge in [-0.15, -0.1) is 0 Å². The average Bonchev–Trinajstić information content (AvgIpc) is 2.60. The molecule has 0 heterocycles. The standard InChI is InChI=1S/C30H45NO2/c1-27(2,3)21-13-19(25(32)23(15-21)29(7,8)9)17-31-18-20-14-22(28(4,5)6)16-24(26(20)33)30(10,11)12/h13-17,32-33H,18H2,1-12H3.